The molecule has 2 rings (SSSR count). The molecule has 1 aromatic heterocycles. The molecule has 0 saturated heterocycles. The van der Waals surface area contributed by atoms with E-state index in [1.165, 1.54) is 6.20 Å². The van der Waals surface area contributed by atoms with Gasteiger partial charge in [0.15, 0.2) is 0 Å². The first-order valence-electron chi connectivity index (χ1n) is 8.47. The standard InChI is InChI=1S/C20H26N2O4/c1-14-12-16(24-5)7-8-17(14)22-19(23)15-6-9-18(21-13-15)25-10-11-26-20(2,3)4/h6-9,12-13H,10-11H2,1-5H3,(H,22,23). The monoisotopic (exact) mass is 358 g/mol. The molecule has 0 aliphatic rings. The van der Waals surface area contributed by atoms with Crippen LogP contribution in [0.1, 0.15) is 36.7 Å². The first kappa shape index (κ1) is 19.7. The van der Waals surface area contributed by atoms with Crippen molar-refractivity contribution in [2.45, 2.75) is 33.3 Å². The maximum absolute atomic E-state index is 12.4. The van der Waals surface area contributed by atoms with Gasteiger partial charge in [-0.05, 0) is 57.5 Å². The molecule has 1 aromatic carbocycles. The molecular weight excluding hydrogens is 332 g/mol. The van der Waals surface area contributed by atoms with Gasteiger partial charge in [0.25, 0.3) is 5.91 Å². The van der Waals surface area contributed by atoms with Gasteiger partial charge in [0.05, 0.1) is 24.9 Å². The van der Waals surface area contributed by atoms with Gasteiger partial charge in [0.2, 0.25) is 5.88 Å². The highest BCUT2D eigenvalue weighted by atomic mass is 16.5. The molecule has 1 amide bonds. The predicted molar refractivity (Wildman–Crippen MR) is 101 cm³/mol. The van der Waals surface area contributed by atoms with Crippen LogP contribution < -0.4 is 14.8 Å². The third-order valence-corrected chi connectivity index (χ3v) is 3.55. The second-order valence-corrected chi connectivity index (χ2v) is 6.83. The van der Waals surface area contributed by atoms with Crippen molar-refractivity contribution in [3.05, 3.63) is 47.7 Å². The fourth-order valence-electron chi connectivity index (χ4n) is 2.19. The molecule has 2 aromatic rings. The summed E-state index contributed by atoms with van der Waals surface area (Å²) in [6, 6.07) is 8.84. The van der Waals surface area contributed by atoms with Gasteiger partial charge in [-0.2, -0.15) is 0 Å². The number of pyridine rings is 1. The third-order valence-electron chi connectivity index (χ3n) is 3.55. The van der Waals surface area contributed by atoms with E-state index in [9.17, 15) is 4.79 Å². The lowest BCUT2D eigenvalue weighted by Gasteiger charge is -2.19. The molecule has 6 heteroatoms. The molecule has 0 aliphatic heterocycles. The van der Waals surface area contributed by atoms with E-state index < -0.39 is 0 Å². The summed E-state index contributed by atoms with van der Waals surface area (Å²) in [5.41, 5.74) is 1.91. The third kappa shape index (κ3) is 6.04. The number of hydrogen-bond donors (Lipinski definition) is 1. The summed E-state index contributed by atoms with van der Waals surface area (Å²) in [6.45, 7) is 8.76. The lowest BCUT2D eigenvalue weighted by atomic mass is 10.1. The Morgan fingerprint density at radius 1 is 1.15 bits per heavy atom. The van der Waals surface area contributed by atoms with Crippen LogP contribution in [0.4, 0.5) is 5.69 Å². The SMILES string of the molecule is COc1ccc(NC(=O)c2ccc(OCCOC(C)(C)C)nc2)c(C)c1. The van der Waals surface area contributed by atoms with Crippen LogP contribution in [0.25, 0.3) is 0 Å². The van der Waals surface area contributed by atoms with Crippen LogP contribution in [-0.2, 0) is 4.74 Å². The molecule has 0 spiro atoms. The Labute approximate surface area is 154 Å². The number of rotatable bonds is 7. The van der Waals surface area contributed by atoms with Crippen molar-refractivity contribution in [1.82, 2.24) is 4.98 Å². The van der Waals surface area contributed by atoms with Crippen LogP contribution >= 0.6 is 0 Å². The van der Waals surface area contributed by atoms with Gasteiger partial charge in [-0.1, -0.05) is 0 Å². The number of aryl methyl sites for hydroxylation is 1. The summed E-state index contributed by atoms with van der Waals surface area (Å²) in [4.78, 5) is 16.5. The van der Waals surface area contributed by atoms with E-state index in [-0.39, 0.29) is 11.5 Å². The molecule has 0 unspecified atom stereocenters. The minimum Gasteiger partial charge on any atom is -0.497 e. The van der Waals surface area contributed by atoms with E-state index in [1.54, 1.807) is 25.3 Å². The second-order valence-electron chi connectivity index (χ2n) is 6.83. The Morgan fingerprint density at radius 3 is 2.50 bits per heavy atom. The van der Waals surface area contributed by atoms with Gasteiger partial charge < -0.3 is 19.5 Å². The van der Waals surface area contributed by atoms with E-state index in [2.05, 4.69) is 10.3 Å². The molecular formula is C20H26N2O4. The fraction of sp³-hybridized carbons (Fsp3) is 0.400. The van der Waals surface area contributed by atoms with Crippen LogP contribution in [0, 0.1) is 6.92 Å². The van der Waals surface area contributed by atoms with Crippen molar-refractivity contribution in [3.8, 4) is 11.6 Å². The average molecular weight is 358 g/mol. The highest BCUT2D eigenvalue weighted by Crippen LogP contribution is 2.21. The number of aromatic nitrogens is 1. The molecule has 0 aliphatic carbocycles. The highest BCUT2D eigenvalue weighted by Gasteiger charge is 2.11. The number of amides is 1. The minimum absolute atomic E-state index is 0.196. The first-order valence-corrected chi connectivity index (χ1v) is 8.47. The summed E-state index contributed by atoms with van der Waals surface area (Å²) in [6.07, 6.45) is 1.49. The normalized spacial score (nSPS) is 11.1. The van der Waals surface area contributed by atoms with Gasteiger partial charge in [-0.25, -0.2) is 4.98 Å². The van der Waals surface area contributed by atoms with Gasteiger partial charge in [0, 0.05) is 18.0 Å². The molecule has 0 bridgehead atoms. The zero-order valence-electron chi connectivity index (χ0n) is 16.0. The number of benzene rings is 1. The number of carbonyl (C=O) groups excluding carboxylic acids is 1. The maximum Gasteiger partial charge on any atom is 0.257 e. The molecule has 0 saturated carbocycles. The Kier molecular flexibility index (Phi) is 6.58. The summed E-state index contributed by atoms with van der Waals surface area (Å²) in [5.74, 6) is 0.979. The van der Waals surface area contributed by atoms with Crippen LogP contribution in [0.15, 0.2) is 36.5 Å². The summed E-state index contributed by atoms with van der Waals surface area (Å²) < 4.78 is 16.3. The molecule has 1 heterocycles. The Balaban J connectivity index is 1.90. The summed E-state index contributed by atoms with van der Waals surface area (Å²) >= 11 is 0. The molecule has 140 valence electrons. The molecule has 6 nitrogen and oxygen atoms in total. The molecule has 0 fully saturated rings. The number of carbonyl (C=O) groups is 1. The second kappa shape index (κ2) is 8.67. The van der Waals surface area contributed by atoms with E-state index in [0.29, 0.717) is 24.7 Å². The van der Waals surface area contributed by atoms with Gasteiger partial charge in [-0.3, -0.25) is 4.79 Å². The van der Waals surface area contributed by atoms with E-state index in [1.807, 2.05) is 39.8 Å². The van der Waals surface area contributed by atoms with Crippen molar-refractivity contribution in [2.24, 2.45) is 0 Å². The quantitative estimate of drug-likeness (QED) is 0.762. The predicted octanol–water partition coefficient (Wildman–Crippen LogP) is 3.84. The van der Waals surface area contributed by atoms with Crippen LogP contribution in [-0.4, -0.2) is 36.8 Å². The maximum atomic E-state index is 12.4. The number of methoxy groups -OCH3 is 1. The Hall–Kier alpha value is -2.60. The highest BCUT2D eigenvalue weighted by molar-refractivity contribution is 6.04. The van der Waals surface area contributed by atoms with Crippen molar-refractivity contribution in [2.75, 3.05) is 25.6 Å². The topological polar surface area (TPSA) is 69.7 Å². The average Bonchev–Trinajstić information content (AvgIpc) is 2.60. The number of anilines is 1. The zero-order valence-corrected chi connectivity index (χ0v) is 16.0. The van der Waals surface area contributed by atoms with Crippen molar-refractivity contribution >= 4 is 11.6 Å². The molecule has 26 heavy (non-hydrogen) atoms. The fourth-order valence-corrected chi connectivity index (χ4v) is 2.19. The molecule has 0 atom stereocenters. The lowest BCUT2D eigenvalue weighted by Crippen LogP contribution is -2.22. The summed E-state index contributed by atoms with van der Waals surface area (Å²) in [5, 5.41) is 2.87. The smallest absolute Gasteiger partial charge is 0.257 e. The van der Waals surface area contributed by atoms with Crippen molar-refractivity contribution in [1.29, 1.82) is 0 Å². The first-order chi connectivity index (χ1) is 12.3. The number of hydrogen-bond acceptors (Lipinski definition) is 5. The minimum atomic E-state index is -0.228. The largest absolute Gasteiger partial charge is 0.497 e. The van der Waals surface area contributed by atoms with Gasteiger partial charge in [-0.15, -0.1) is 0 Å². The van der Waals surface area contributed by atoms with Crippen molar-refractivity contribution in [3.63, 3.8) is 0 Å². The van der Waals surface area contributed by atoms with Crippen molar-refractivity contribution < 1.29 is 19.0 Å². The van der Waals surface area contributed by atoms with E-state index in [0.717, 1.165) is 17.0 Å². The number of nitrogens with zero attached hydrogens (tertiary/aromatic N) is 1. The Bertz CT molecular complexity index is 736. The molecule has 1 N–H and O–H groups in total. The van der Waals surface area contributed by atoms with Crippen LogP contribution in [0.2, 0.25) is 0 Å². The molecule has 0 radical (unpaired) electrons. The van der Waals surface area contributed by atoms with Crippen LogP contribution in [0.5, 0.6) is 11.6 Å². The number of ether oxygens (including phenoxy) is 3. The zero-order chi connectivity index (χ0) is 19.2. The van der Waals surface area contributed by atoms with E-state index >= 15 is 0 Å². The Morgan fingerprint density at radius 2 is 1.92 bits per heavy atom. The lowest BCUT2D eigenvalue weighted by molar-refractivity contribution is -0.0168. The van der Waals surface area contributed by atoms with E-state index in [4.69, 9.17) is 14.2 Å². The van der Waals surface area contributed by atoms with Crippen LogP contribution in [0.3, 0.4) is 0 Å². The number of nitrogens with one attached hydrogen (secondary N) is 1. The van der Waals surface area contributed by atoms with Gasteiger partial charge in [0.1, 0.15) is 12.4 Å². The summed E-state index contributed by atoms with van der Waals surface area (Å²) in [7, 11) is 1.61. The van der Waals surface area contributed by atoms with Gasteiger partial charge >= 0.3 is 0 Å².